The SMILES string of the molecule is CC1CN(C(=N)C2CC2)CC(CO)O1. The molecule has 0 amide bonds. The topological polar surface area (TPSA) is 56.6 Å². The average Bonchev–Trinajstić information content (AvgIpc) is 2.99. The molecule has 0 radical (unpaired) electrons. The molecule has 1 aliphatic heterocycles. The van der Waals surface area contributed by atoms with Crippen LogP contribution in [0.25, 0.3) is 0 Å². The van der Waals surface area contributed by atoms with Crippen molar-refractivity contribution in [1.82, 2.24) is 4.90 Å². The Morgan fingerprint density at radius 1 is 1.50 bits per heavy atom. The second-order valence-corrected chi connectivity index (χ2v) is 4.32. The fourth-order valence-electron chi connectivity index (χ4n) is 1.96. The van der Waals surface area contributed by atoms with E-state index in [1.54, 1.807) is 0 Å². The summed E-state index contributed by atoms with van der Waals surface area (Å²) in [6.45, 7) is 3.52. The van der Waals surface area contributed by atoms with Crippen LogP contribution in [-0.2, 0) is 4.74 Å². The highest BCUT2D eigenvalue weighted by atomic mass is 16.5. The van der Waals surface area contributed by atoms with Crippen molar-refractivity contribution < 1.29 is 9.84 Å². The van der Waals surface area contributed by atoms with E-state index in [1.807, 2.05) is 6.92 Å². The lowest BCUT2D eigenvalue weighted by Gasteiger charge is -2.37. The third-order valence-corrected chi connectivity index (χ3v) is 2.83. The molecule has 80 valence electrons. The summed E-state index contributed by atoms with van der Waals surface area (Å²) in [7, 11) is 0. The number of amidine groups is 1. The van der Waals surface area contributed by atoms with Crippen LogP contribution >= 0.6 is 0 Å². The Kier molecular flexibility index (Phi) is 2.74. The van der Waals surface area contributed by atoms with Crippen LogP contribution < -0.4 is 0 Å². The van der Waals surface area contributed by atoms with Gasteiger partial charge in [0.15, 0.2) is 0 Å². The molecule has 2 unspecified atom stereocenters. The van der Waals surface area contributed by atoms with Crippen LogP contribution in [0.5, 0.6) is 0 Å². The summed E-state index contributed by atoms with van der Waals surface area (Å²) >= 11 is 0. The van der Waals surface area contributed by atoms with Gasteiger partial charge in [0.1, 0.15) is 0 Å². The summed E-state index contributed by atoms with van der Waals surface area (Å²) in [6.07, 6.45) is 2.33. The highest BCUT2D eigenvalue weighted by molar-refractivity contribution is 5.83. The maximum absolute atomic E-state index is 9.04. The van der Waals surface area contributed by atoms with E-state index in [0.717, 1.165) is 25.2 Å². The summed E-state index contributed by atoms with van der Waals surface area (Å²) in [4.78, 5) is 2.06. The number of aliphatic hydroxyl groups excluding tert-OH is 1. The van der Waals surface area contributed by atoms with Crippen LogP contribution in [0.1, 0.15) is 19.8 Å². The molecule has 1 saturated carbocycles. The van der Waals surface area contributed by atoms with Crippen LogP contribution in [0.2, 0.25) is 0 Å². The van der Waals surface area contributed by atoms with Crippen molar-refractivity contribution in [3.8, 4) is 0 Å². The summed E-state index contributed by atoms with van der Waals surface area (Å²) in [5.41, 5.74) is 0. The Morgan fingerprint density at radius 2 is 2.21 bits per heavy atom. The maximum atomic E-state index is 9.04. The molecule has 2 fully saturated rings. The third kappa shape index (κ3) is 2.07. The number of nitrogens with one attached hydrogen (secondary N) is 1. The van der Waals surface area contributed by atoms with Crippen molar-refractivity contribution in [2.45, 2.75) is 32.0 Å². The Bertz CT molecular complexity index is 228. The van der Waals surface area contributed by atoms with Gasteiger partial charge in [-0.1, -0.05) is 0 Å². The van der Waals surface area contributed by atoms with Gasteiger partial charge in [-0.15, -0.1) is 0 Å². The quantitative estimate of drug-likeness (QED) is 0.500. The molecule has 1 aliphatic carbocycles. The first-order chi connectivity index (χ1) is 6.70. The molecule has 14 heavy (non-hydrogen) atoms. The first-order valence-corrected chi connectivity index (χ1v) is 5.30. The predicted molar refractivity (Wildman–Crippen MR) is 53.4 cm³/mol. The Labute approximate surface area is 84.4 Å². The van der Waals surface area contributed by atoms with Crippen molar-refractivity contribution in [2.24, 2.45) is 5.92 Å². The monoisotopic (exact) mass is 198 g/mol. The van der Waals surface area contributed by atoms with Crippen LogP contribution in [-0.4, -0.2) is 47.7 Å². The lowest BCUT2D eigenvalue weighted by molar-refractivity contribution is -0.0792. The molecule has 0 aromatic rings. The van der Waals surface area contributed by atoms with Gasteiger partial charge >= 0.3 is 0 Å². The van der Waals surface area contributed by atoms with Gasteiger partial charge in [-0.3, -0.25) is 5.41 Å². The first kappa shape index (κ1) is 9.93. The van der Waals surface area contributed by atoms with Gasteiger partial charge in [-0.05, 0) is 19.8 Å². The second kappa shape index (κ2) is 3.87. The zero-order chi connectivity index (χ0) is 10.1. The van der Waals surface area contributed by atoms with Gasteiger partial charge in [-0.25, -0.2) is 0 Å². The van der Waals surface area contributed by atoms with Gasteiger partial charge in [0, 0.05) is 19.0 Å². The molecule has 0 spiro atoms. The molecule has 0 bridgehead atoms. The molecular formula is C10H18N2O2. The minimum absolute atomic E-state index is 0.0544. The van der Waals surface area contributed by atoms with Crippen molar-refractivity contribution in [1.29, 1.82) is 5.41 Å². The zero-order valence-electron chi connectivity index (χ0n) is 8.57. The molecule has 4 heteroatoms. The van der Waals surface area contributed by atoms with E-state index < -0.39 is 0 Å². The molecule has 2 atom stereocenters. The van der Waals surface area contributed by atoms with Gasteiger partial charge in [-0.2, -0.15) is 0 Å². The number of morpholine rings is 1. The van der Waals surface area contributed by atoms with Crippen LogP contribution in [0.15, 0.2) is 0 Å². The average molecular weight is 198 g/mol. The van der Waals surface area contributed by atoms with Crippen molar-refractivity contribution in [3.63, 3.8) is 0 Å². The standard InChI is InChI=1S/C10H18N2O2/c1-7-4-12(5-9(6-13)14-7)10(11)8-2-3-8/h7-9,11,13H,2-6H2,1H3. The highest BCUT2D eigenvalue weighted by Gasteiger charge is 2.34. The van der Waals surface area contributed by atoms with Crippen molar-refractivity contribution >= 4 is 5.84 Å². The molecule has 0 aromatic carbocycles. The Morgan fingerprint density at radius 3 is 2.79 bits per heavy atom. The smallest absolute Gasteiger partial charge is 0.0991 e. The fourth-order valence-corrected chi connectivity index (χ4v) is 1.96. The summed E-state index contributed by atoms with van der Waals surface area (Å²) in [6, 6.07) is 0. The van der Waals surface area contributed by atoms with Gasteiger partial charge < -0.3 is 14.7 Å². The molecule has 1 saturated heterocycles. The van der Waals surface area contributed by atoms with Gasteiger partial charge in [0.2, 0.25) is 0 Å². The van der Waals surface area contributed by atoms with Gasteiger partial charge in [0.05, 0.1) is 24.7 Å². The van der Waals surface area contributed by atoms with Crippen molar-refractivity contribution in [2.75, 3.05) is 19.7 Å². The molecule has 2 rings (SSSR count). The number of nitrogens with zero attached hydrogens (tertiary/aromatic N) is 1. The molecule has 2 aliphatic rings. The largest absolute Gasteiger partial charge is 0.394 e. The van der Waals surface area contributed by atoms with Crippen LogP contribution in [0.4, 0.5) is 0 Å². The lowest BCUT2D eigenvalue weighted by atomic mass is 10.2. The van der Waals surface area contributed by atoms with E-state index in [2.05, 4.69) is 4.90 Å². The van der Waals surface area contributed by atoms with E-state index in [0.29, 0.717) is 12.5 Å². The molecule has 2 N–H and O–H groups in total. The maximum Gasteiger partial charge on any atom is 0.0991 e. The van der Waals surface area contributed by atoms with E-state index in [9.17, 15) is 0 Å². The third-order valence-electron chi connectivity index (χ3n) is 2.83. The number of ether oxygens (including phenoxy) is 1. The van der Waals surface area contributed by atoms with E-state index in [4.69, 9.17) is 15.3 Å². The molecule has 0 aromatic heterocycles. The minimum Gasteiger partial charge on any atom is -0.394 e. The van der Waals surface area contributed by atoms with Crippen molar-refractivity contribution in [3.05, 3.63) is 0 Å². The highest BCUT2D eigenvalue weighted by Crippen LogP contribution is 2.32. The van der Waals surface area contributed by atoms with Crippen LogP contribution in [0.3, 0.4) is 0 Å². The van der Waals surface area contributed by atoms with Gasteiger partial charge in [0.25, 0.3) is 0 Å². The van der Waals surface area contributed by atoms with E-state index in [1.165, 1.54) is 0 Å². The summed E-state index contributed by atoms with van der Waals surface area (Å²) in [5, 5.41) is 17.0. The fraction of sp³-hybridized carbons (Fsp3) is 0.900. The van der Waals surface area contributed by atoms with E-state index in [-0.39, 0.29) is 18.8 Å². The molecular weight excluding hydrogens is 180 g/mol. The molecule has 1 heterocycles. The van der Waals surface area contributed by atoms with E-state index >= 15 is 0 Å². The minimum atomic E-state index is -0.113. The Balaban J connectivity index is 1.93. The normalized spacial score (nSPS) is 33.1. The summed E-state index contributed by atoms with van der Waals surface area (Å²) in [5.74, 6) is 1.23. The number of hydrogen-bond donors (Lipinski definition) is 2. The number of rotatable bonds is 2. The number of hydrogen-bond acceptors (Lipinski definition) is 3. The summed E-state index contributed by atoms with van der Waals surface area (Å²) < 4.78 is 5.53. The Hall–Kier alpha value is -0.610. The number of aliphatic hydroxyl groups is 1. The molecule has 4 nitrogen and oxygen atoms in total. The second-order valence-electron chi connectivity index (χ2n) is 4.32. The lowest BCUT2D eigenvalue weighted by Crippen LogP contribution is -2.50. The zero-order valence-corrected chi connectivity index (χ0v) is 8.57. The van der Waals surface area contributed by atoms with Crippen LogP contribution in [0, 0.1) is 11.3 Å². The predicted octanol–water partition coefficient (Wildman–Crippen LogP) is 0.455. The first-order valence-electron chi connectivity index (χ1n) is 5.30.